The Morgan fingerprint density at radius 2 is 1.87 bits per heavy atom. The van der Waals surface area contributed by atoms with Crippen LogP contribution in [0.15, 0.2) is 4.52 Å². The van der Waals surface area contributed by atoms with Gasteiger partial charge in [0.25, 0.3) is 5.91 Å². The van der Waals surface area contributed by atoms with Crippen LogP contribution in [0.5, 0.6) is 0 Å². The standard InChI is InChI=1S/C22H31N5O3/c1-15-17(16(2)30-24-15)13-26-10-6-22(7-11-26)12-19-18(14-29-22)20(23-25(19)3)21(28)27-8-4-5-9-27/h4-14H2,1-3H3. The van der Waals surface area contributed by atoms with E-state index in [4.69, 9.17) is 9.26 Å². The van der Waals surface area contributed by atoms with Crippen molar-refractivity contribution in [2.24, 2.45) is 7.05 Å². The fraction of sp³-hybridized carbons (Fsp3) is 0.682. The van der Waals surface area contributed by atoms with Crippen LogP contribution >= 0.6 is 0 Å². The van der Waals surface area contributed by atoms with Crippen molar-refractivity contribution in [3.8, 4) is 0 Å². The van der Waals surface area contributed by atoms with Crippen molar-refractivity contribution in [2.75, 3.05) is 26.2 Å². The zero-order valence-corrected chi connectivity index (χ0v) is 18.2. The first kappa shape index (κ1) is 19.8. The molecule has 8 heteroatoms. The molecule has 0 N–H and O–H groups in total. The topological polar surface area (TPSA) is 76.6 Å². The average Bonchev–Trinajstić information content (AvgIpc) is 3.46. The van der Waals surface area contributed by atoms with Crippen LogP contribution in [0, 0.1) is 13.8 Å². The van der Waals surface area contributed by atoms with Crippen LogP contribution in [0.1, 0.15) is 64.4 Å². The zero-order chi connectivity index (χ0) is 20.9. The van der Waals surface area contributed by atoms with Gasteiger partial charge in [-0.2, -0.15) is 5.10 Å². The number of hydrogen-bond donors (Lipinski definition) is 0. The Balaban J connectivity index is 1.28. The van der Waals surface area contributed by atoms with Crippen LogP contribution in [0.25, 0.3) is 0 Å². The van der Waals surface area contributed by atoms with Gasteiger partial charge in [0.05, 0.1) is 17.9 Å². The first-order valence-corrected chi connectivity index (χ1v) is 11.1. The van der Waals surface area contributed by atoms with E-state index in [1.165, 1.54) is 11.3 Å². The van der Waals surface area contributed by atoms with E-state index in [1.54, 1.807) is 0 Å². The van der Waals surface area contributed by atoms with Crippen LogP contribution in [-0.2, 0) is 31.4 Å². The largest absolute Gasteiger partial charge is 0.370 e. The van der Waals surface area contributed by atoms with E-state index >= 15 is 0 Å². The second-order valence-electron chi connectivity index (χ2n) is 9.12. The van der Waals surface area contributed by atoms with Crippen LogP contribution in [0.4, 0.5) is 0 Å². The van der Waals surface area contributed by atoms with E-state index in [9.17, 15) is 4.79 Å². The Bertz CT molecular complexity index is 929. The van der Waals surface area contributed by atoms with Gasteiger partial charge in [-0.25, -0.2) is 0 Å². The lowest BCUT2D eigenvalue weighted by molar-refractivity contribution is -0.104. The van der Waals surface area contributed by atoms with Gasteiger partial charge in [0.2, 0.25) is 0 Å². The number of aromatic nitrogens is 3. The van der Waals surface area contributed by atoms with Crippen LogP contribution < -0.4 is 0 Å². The third-order valence-electron chi connectivity index (χ3n) is 7.21. The molecule has 0 radical (unpaired) electrons. The third kappa shape index (κ3) is 3.36. The van der Waals surface area contributed by atoms with Gasteiger partial charge in [-0.05, 0) is 39.5 Å². The van der Waals surface area contributed by atoms with E-state index < -0.39 is 0 Å². The molecule has 0 aromatic carbocycles. The molecule has 3 aliphatic rings. The van der Waals surface area contributed by atoms with Gasteiger partial charge in [-0.3, -0.25) is 14.4 Å². The van der Waals surface area contributed by atoms with E-state index in [-0.39, 0.29) is 11.5 Å². The summed E-state index contributed by atoms with van der Waals surface area (Å²) in [6.07, 6.45) is 4.97. The molecule has 8 nitrogen and oxygen atoms in total. The predicted octanol–water partition coefficient (Wildman–Crippen LogP) is 2.37. The molecule has 162 valence electrons. The van der Waals surface area contributed by atoms with Gasteiger partial charge in [-0.15, -0.1) is 0 Å². The highest BCUT2D eigenvalue weighted by Gasteiger charge is 2.42. The second-order valence-corrected chi connectivity index (χ2v) is 9.12. The minimum absolute atomic E-state index is 0.0678. The highest BCUT2D eigenvalue weighted by molar-refractivity contribution is 5.94. The Morgan fingerprint density at radius 3 is 2.53 bits per heavy atom. The van der Waals surface area contributed by atoms with E-state index in [2.05, 4.69) is 15.2 Å². The molecular formula is C22H31N5O3. The first-order valence-electron chi connectivity index (χ1n) is 11.1. The number of nitrogens with zero attached hydrogens (tertiary/aromatic N) is 5. The number of hydrogen-bond acceptors (Lipinski definition) is 6. The van der Waals surface area contributed by atoms with Crippen molar-refractivity contribution >= 4 is 5.91 Å². The fourth-order valence-electron chi connectivity index (χ4n) is 5.19. The van der Waals surface area contributed by atoms with Crippen LogP contribution in [0.2, 0.25) is 0 Å². The first-order chi connectivity index (χ1) is 14.5. The Labute approximate surface area is 177 Å². The quantitative estimate of drug-likeness (QED) is 0.769. The molecule has 0 saturated carbocycles. The number of aryl methyl sites for hydroxylation is 3. The number of likely N-dealkylation sites (tertiary alicyclic amines) is 2. The summed E-state index contributed by atoms with van der Waals surface area (Å²) in [6.45, 7) is 9.01. The minimum Gasteiger partial charge on any atom is -0.370 e. The van der Waals surface area contributed by atoms with Gasteiger partial charge < -0.3 is 14.2 Å². The van der Waals surface area contributed by atoms with Gasteiger partial charge in [0.1, 0.15) is 5.76 Å². The molecule has 2 aromatic heterocycles. The number of fused-ring (bicyclic) bond motifs is 1. The van der Waals surface area contributed by atoms with Crippen molar-refractivity contribution < 1.29 is 14.1 Å². The monoisotopic (exact) mass is 413 g/mol. The Kier molecular flexibility index (Phi) is 4.94. The van der Waals surface area contributed by atoms with Gasteiger partial charge in [0.15, 0.2) is 5.69 Å². The lowest BCUT2D eigenvalue weighted by Gasteiger charge is -2.44. The third-order valence-corrected chi connectivity index (χ3v) is 7.21. The summed E-state index contributed by atoms with van der Waals surface area (Å²) in [6, 6.07) is 0. The van der Waals surface area contributed by atoms with Gasteiger partial charge in [-0.1, -0.05) is 5.16 Å². The maximum atomic E-state index is 12.9. The van der Waals surface area contributed by atoms with Gasteiger partial charge >= 0.3 is 0 Å². The van der Waals surface area contributed by atoms with E-state index in [0.717, 1.165) is 81.8 Å². The maximum absolute atomic E-state index is 12.9. The summed E-state index contributed by atoms with van der Waals surface area (Å²) in [7, 11) is 1.96. The molecule has 0 unspecified atom stereocenters. The molecule has 0 aliphatic carbocycles. The van der Waals surface area contributed by atoms with Gasteiger partial charge in [0, 0.05) is 63.0 Å². The van der Waals surface area contributed by atoms with E-state index in [0.29, 0.717) is 12.3 Å². The molecule has 30 heavy (non-hydrogen) atoms. The summed E-state index contributed by atoms with van der Waals surface area (Å²) in [5, 5.41) is 8.69. The number of carbonyl (C=O) groups excluding carboxylic acids is 1. The molecule has 3 aliphatic heterocycles. The molecule has 5 heterocycles. The van der Waals surface area contributed by atoms with E-state index in [1.807, 2.05) is 30.5 Å². The number of rotatable bonds is 3. The SMILES string of the molecule is Cc1noc(C)c1CN1CCC2(CC1)Cc1c(c(C(=O)N3CCCC3)nn1C)CO2. The Morgan fingerprint density at radius 1 is 1.13 bits per heavy atom. The molecule has 1 spiro atoms. The minimum atomic E-state index is -0.149. The lowest BCUT2D eigenvalue weighted by Crippen LogP contribution is -2.49. The molecule has 2 aromatic rings. The van der Waals surface area contributed by atoms with Crippen LogP contribution in [-0.4, -0.2) is 62.4 Å². The molecular weight excluding hydrogens is 382 g/mol. The normalized spacial score (nSPS) is 21.4. The molecule has 1 amide bonds. The highest BCUT2D eigenvalue weighted by Crippen LogP contribution is 2.38. The van der Waals surface area contributed by atoms with Crippen molar-refractivity contribution in [2.45, 2.75) is 64.7 Å². The molecule has 0 bridgehead atoms. The molecule has 5 rings (SSSR count). The number of amides is 1. The summed E-state index contributed by atoms with van der Waals surface area (Å²) in [5.74, 6) is 0.981. The fourth-order valence-corrected chi connectivity index (χ4v) is 5.19. The van der Waals surface area contributed by atoms with Crippen molar-refractivity contribution in [1.29, 1.82) is 0 Å². The maximum Gasteiger partial charge on any atom is 0.274 e. The van der Waals surface area contributed by atoms with Crippen molar-refractivity contribution in [3.63, 3.8) is 0 Å². The number of ether oxygens (including phenoxy) is 1. The smallest absolute Gasteiger partial charge is 0.274 e. The summed E-state index contributed by atoms with van der Waals surface area (Å²) >= 11 is 0. The average molecular weight is 414 g/mol. The number of piperidine rings is 1. The molecule has 0 atom stereocenters. The van der Waals surface area contributed by atoms with Crippen molar-refractivity contribution in [1.82, 2.24) is 24.7 Å². The Hall–Kier alpha value is -2.19. The highest BCUT2D eigenvalue weighted by atomic mass is 16.5. The summed E-state index contributed by atoms with van der Waals surface area (Å²) in [5.41, 5.74) is 4.80. The predicted molar refractivity (Wildman–Crippen MR) is 110 cm³/mol. The zero-order valence-electron chi connectivity index (χ0n) is 18.2. The summed E-state index contributed by atoms with van der Waals surface area (Å²) in [4.78, 5) is 17.3. The second kappa shape index (κ2) is 7.50. The molecule has 2 fully saturated rings. The summed E-state index contributed by atoms with van der Waals surface area (Å²) < 4.78 is 13.7. The lowest BCUT2D eigenvalue weighted by atomic mass is 9.83. The number of carbonyl (C=O) groups is 1. The molecule has 2 saturated heterocycles. The van der Waals surface area contributed by atoms with Crippen LogP contribution in [0.3, 0.4) is 0 Å². The van der Waals surface area contributed by atoms with Crippen molar-refractivity contribution in [3.05, 3.63) is 34.0 Å².